The third-order valence-electron chi connectivity index (χ3n) is 4.29. The Kier molecular flexibility index (Phi) is 5.10. The normalized spacial score (nSPS) is 10.8. The van der Waals surface area contributed by atoms with Crippen molar-refractivity contribution in [2.45, 2.75) is 20.0 Å². The molecular weight excluding hydrogens is 375 g/mol. The number of nitrogens with zero attached hydrogens (tertiary/aromatic N) is 5. The smallest absolute Gasteiger partial charge is 0.259 e. The molecule has 29 heavy (non-hydrogen) atoms. The van der Waals surface area contributed by atoms with Crippen LogP contribution in [0.2, 0.25) is 0 Å². The van der Waals surface area contributed by atoms with Gasteiger partial charge in [-0.1, -0.05) is 23.4 Å². The number of benzene rings is 1. The molecule has 0 spiro atoms. The summed E-state index contributed by atoms with van der Waals surface area (Å²) in [4.78, 5) is 25.0. The summed E-state index contributed by atoms with van der Waals surface area (Å²) in [5.74, 6) is 0.661. The lowest BCUT2D eigenvalue weighted by molar-refractivity contribution is -0.121. The van der Waals surface area contributed by atoms with E-state index in [0.717, 1.165) is 0 Å². The first-order valence-corrected chi connectivity index (χ1v) is 8.88. The van der Waals surface area contributed by atoms with Gasteiger partial charge in [-0.2, -0.15) is 4.98 Å². The van der Waals surface area contributed by atoms with Crippen molar-refractivity contribution in [2.24, 2.45) is 0 Å². The van der Waals surface area contributed by atoms with Crippen LogP contribution < -0.4 is 5.32 Å². The van der Waals surface area contributed by atoms with Crippen LogP contribution in [0.3, 0.4) is 0 Å². The van der Waals surface area contributed by atoms with Gasteiger partial charge in [0.15, 0.2) is 0 Å². The summed E-state index contributed by atoms with van der Waals surface area (Å²) in [5, 5.41) is 6.66. The number of hydrogen-bond donors (Lipinski definition) is 1. The van der Waals surface area contributed by atoms with Crippen LogP contribution >= 0.6 is 0 Å². The number of pyridine rings is 1. The molecule has 4 rings (SSSR count). The molecule has 146 valence electrons. The van der Waals surface area contributed by atoms with Crippen LogP contribution in [-0.2, 0) is 17.9 Å². The zero-order valence-corrected chi connectivity index (χ0v) is 15.5. The van der Waals surface area contributed by atoms with E-state index in [-0.39, 0.29) is 24.8 Å². The monoisotopic (exact) mass is 392 g/mol. The quantitative estimate of drug-likeness (QED) is 0.542. The molecule has 3 aromatic heterocycles. The van der Waals surface area contributed by atoms with Crippen molar-refractivity contribution in [2.75, 3.05) is 0 Å². The van der Waals surface area contributed by atoms with E-state index in [1.807, 2.05) is 6.07 Å². The van der Waals surface area contributed by atoms with E-state index < -0.39 is 0 Å². The SMILES string of the molecule is Cc1nc(-c2noc(-c3cccnc3)n2)cn1CC(=O)NCc1ccccc1F. The van der Waals surface area contributed by atoms with Gasteiger partial charge in [0.1, 0.15) is 23.9 Å². The number of halogens is 1. The Morgan fingerprint density at radius 3 is 2.86 bits per heavy atom. The van der Waals surface area contributed by atoms with E-state index in [4.69, 9.17) is 4.52 Å². The van der Waals surface area contributed by atoms with Gasteiger partial charge < -0.3 is 14.4 Å². The number of aryl methyl sites for hydroxylation is 1. The van der Waals surface area contributed by atoms with E-state index >= 15 is 0 Å². The van der Waals surface area contributed by atoms with Crippen molar-refractivity contribution < 1.29 is 13.7 Å². The van der Waals surface area contributed by atoms with Crippen LogP contribution in [0.1, 0.15) is 11.4 Å². The predicted octanol–water partition coefficient (Wildman–Crippen LogP) is 2.76. The maximum absolute atomic E-state index is 13.7. The standard InChI is InChI=1S/C20H17FN6O2/c1-13-24-17(19-25-20(29-26-19)15-6-4-8-22-9-15)11-27(13)12-18(28)23-10-14-5-2-3-7-16(14)21/h2-9,11H,10,12H2,1H3,(H,23,28). The summed E-state index contributed by atoms with van der Waals surface area (Å²) in [6, 6.07) is 9.91. The molecule has 9 heteroatoms. The Labute approximate surface area is 165 Å². The molecule has 0 atom stereocenters. The first kappa shape index (κ1) is 18.5. The summed E-state index contributed by atoms with van der Waals surface area (Å²) < 4.78 is 20.6. The fraction of sp³-hybridized carbons (Fsp3) is 0.150. The van der Waals surface area contributed by atoms with Crippen LogP contribution in [0.4, 0.5) is 4.39 Å². The van der Waals surface area contributed by atoms with Crippen molar-refractivity contribution in [3.63, 3.8) is 0 Å². The molecule has 0 fully saturated rings. The van der Waals surface area contributed by atoms with Crippen molar-refractivity contribution in [3.05, 3.63) is 72.2 Å². The number of imidazole rings is 1. The minimum absolute atomic E-state index is 0.0423. The zero-order valence-electron chi connectivity index (χ0n) is 15.5. The molecule has 1 N–H and O–H groups in total. The van der Waals surface area contributed by atoms with Gasteiger partial charge in [-0.15, -0.1) is 0 Å². The molecule has 1 amide bonds. The maximum Gasteiger partial charge on any atom is 0.259 e. The van der Waals surface area contributed by atoms with Crippen LogP contribution in [0.15, 0.2) is 59.5 Å². The molecule has 0 radical (unpaired) electrons. The molecule has 1 aromatic carbocycles. The Morgan fingerprint density at radius 1 is 1.21 bits per heavy atom. The number of rotatable bonds is 6. The molecule has 8 nitrogen and oxygen atoms in total. The van der Waals surface area contributed by atoms with Gasteiger partial charge in [0.25, 0.3) is 5.89 Å². The van der Waals surface area contributed by atoms with Crippen molar-refractivity contribution in [1.82, 2.24) is 30.0 Å². The highest BCUT2D eigenvalue weighted by atomic mass is 19.1. The summed E-state index contributed by atoms with van der Waals surface area (Å²) in [6.45, 7) is 1.93. The van der Waals surface area contributed by atoms with Gasteiger partial charge in [0.2, 0.25) is 11.7 Å². The highest BCUT2D eigenvalue weighted by Gasteiger charge is 2.16. The molecule has 0 saturated carbocycles. The molecule has 0 bridgehead atoms. The second-order valence-corrected chi connectivity index (χ2v) is 6.33. The lowest BCUT2D eigenvalue weighted by Gasteiger charge is -2.07. The van der Waals surface area contributed by atoms with Gasteiger partial charge >= 0.3 is 0 Å². The van der Waals surface area contributed by atoms with Gasteiger partial charge in [-0.05, 0) is 25.1 Å². The van der Waals surface area contributed by atoms with Crippen LogP contribution in [0.25, 0.3) is 23.0 Å². The highest BCUT2D eigenvalue weighted by Crippen LogP contribution is 2.21. The molecule has 0 aliphatic rings. The fourth-order valence-corrected chi connectivity index (χ4v) is 2.76. The summed E-state index contributed by atoms with van der Waals surface area (Å²) in [7, 11) is 0. The Morgan fingerprint density at radius 2 is 2.07 bits per heavy atom. The average molecular weight is 392 g/mol. The summed E-state index contributed by atoms with van der Waals surface area (Å²) in [5.41, 5.74) is 1.62. The third kappa shape index (κ3) is 4.18. The van der Waals surface area contributed by atoms with Gasteiger partial charge in [0.05, 0.1) is 5.56 Å². The lowest BCUT2D eigenvalue weighted by Crippen LogP contribution is -2.27. The number of carbonyl (C=O) groups is 1. The second kappa shape index (κ2) is 8.01. The second-order valence-electron chi connectivity index (χ2n) is 6.33. The van der Waals surface area contributed by atoms with Gasteiger partial charge in [0, 0.05) is 30.7 Å². The summed E-state index contributed by atoms with van der Waals surface area (Å²) >= 11 is 0. The van der Waals surface area contributed by atoms with Crippen molar-refractivity contribution in [1.29, 1.82) is 0 Å². The van der Waals surface area contributed by atoms with E-state index in [2.05, 4.69) is 25.4 Å². The first-order valence-electron chi connectivity index (χ1n) is 8.88. The minimum atomic E-state index is -0.351. The van der Waals surface area contributed by atoms with Gasteiger partial charge in [-0.25, -0.2) is 9.37 Å². The molecular formula is C20H17FN6O2. The fourth-order valence-electron chi connectivity index (χ4n) is 2.76. The molecule has 0 unspecified atom stereocenters. The number of nitrogens with one attached hydrogen (secondary N) is 1. The first-order chi connectivity index (χ1) is 14.1. The largest absolute Gasteiger partial charge is 0.350 e. The van der Waals surface area contributed by atoms with E-state index in [0.29, 0.717) is 34.4 Å². The maximum atomic E-state index is 13.7. The van der Waals surface area contributed by atoms with Crippen LogP contribution in [0, 0.1) is 12.7 Å². The third-order valence-corrected chi connectivity index (χ3v) is 4.29. The van der Waals surface area contributed by atoms with E-state index in [9.17, 15) is 9.18 Å². The predicted molar refractivity (Wildman–Crippen MR) is 102 cm³/mol. The zero-order chi connectivity index (χ0) is 20.2. The minimum Gasteiger partial charge on any atom is -0.350 e. The topological polar surface area (TPSA) is 98.7 Å². The highest BCUT2D eigenvalue weighted by molar-refractivity contribution is 5.76. The van der Waals surface area contributed by atoms with Crippen LogP contribution in [0.5, 0.6) is 0 Å². The molecule has 0 saturated heterocycles. The Hall–Kier alpha value is -3.88. The molecule has 4 aromatic rings. The lowest BCUT2D eigenvalue weighted by atomic mass is 10.2. The number of aromatic nitrogens is 5. The summed E-state index contributed by atoms with van der Waals surface area (Å²) in [6.07, 6.45) is 4.96. The average Bonchev–Trinajstić information content (AvgIpc) is 3.35. The molecule has 0 aliphatic heterocycles. The van der Waals surface area contributed by atoms with E-state index in [1.54, 1.807) is 54.3 Å². The van der Waals surface area contributed by atoms with Crippen molar-refractivity contribution >= 4 is 5.91 Å². The van der Waals surface area contributed by atoms with Crippen LogP contribution in [-0.4, -0.2) is 30.6 Å². The number of carbonyl (C=O) groups excluding carboxylic acids is 1. The van der Waals surface area contributed by atoms with Crippen molar-refractivity contribution in [3.8, 4) is 23.0 Å². The Balaban J connectivity index is 1.44. The van der Waals surface area contributed by atoms with Gasteiger partial charge in [-0.3, -0.25) is 9.78 Å². The number of hydrogen-bond acceptors (Lipinski definition) is 6. The molecule has 0 aliphatic carbocycles. The van der Waals surface area contributed by atoms with E-state index in [1.165, 1.54) is 6.07 Å². The number of amides is 1. The molecule has 3 heterocycles. The Bertz CT molecular complexity index is 1140.